The highest BCUT2D eigenvalue weighted by Gasteiger charge is 2.32. The third kappa shape index (κ3) is 5.80. The summed E-state index contributed by atoms with van der Waals surface area (Å²) in [6, 6.07) is 7.85. The fourth-order valence-electron chi connectivity index (χ4n) is 3.46. The van der Waals surface area contributed by atoms with Gasteiger partial charge in [-0.3, -0.25) is 14.6 Å². The Morgan fingerprint density at radius 2 is 1.72 bits per heavy atom. The van der Waals surface area contributed by atoms with Gasteiger partial charge in [-0.2, -0.15) is 18.3 Å². The van der Waals surface area contributed by atoms with E-state index in [0.717, 1.165) is 22.5 Å². The average molecular weight is 409 g/mol. The minimum atomic E-state index is -4.19. The van der Waals surface area contributed by atoms with Crippen molar-refractivity contribution in [3.05, 3.63) is 41.1 Å². The summed E-state index contributed by atoms with van der Waals surface area (Å²) in [5.74, 6) is 0.373. The molecule has 158 valence electrons. The van der Waals surface area contributed by atoms with Gasteiger partial charge in [-0.25, -0.2) is 4.68 Å². The normalized spacial score (nSPS) is 16.2. The summed E-state index contributed by atoms with van der Waals surface area (Å²) in [5.41, 5.74) is 3.80. The minimum absolute atomic E-state index is 0.136. The molecule has 0 atom stereocenters. The lowest BCUT2D eigenvalue weighted by molar-refractivity contribution is -0.149. The van der Waals surface area contributed by atoms with E-state index in [2.05, 4.69) is 10.4 Å². The third-order valence-electron chi connectivity index (χ3n) is 4.93. The van der Waals surface area contributed by atoms with E-state index in [1.54, 1.807) is 10.7 Å². The van der Waals surface area contributed by atoms with Crippen LogP contribution in [0, 0.1) is 20.8 Å². The molecule has 1 aromatic heterocycles. The molecule has 3 rings (SSSR count). The molecule has 0 bridgehead atoms. The Labute approximate surface area is 168 Å². The molecular weight excluding hydrogens is 383 g/mol. The lowest BCUT2D eigenvalue weighted by Crippen LogP contribution is -2.50. The van der Waals surface area contributed by atoms with Crippen molar-refractivity contribution >= 4 is 11.7 Å². The van der Waals surface area contributed by atoms with Crippen molar-refractivity contribution in [3.63, 3.8) is 0 Å². The molecule has 6 nitrogen and oxygen atoms in total. The van der Waals surface area contributed by atoms with Crippen molar-refractivity contribution < 1.29 is 18.0 Å². The zero-order valence-corrected chi connectivity index (χ0v) is 16.9. The number of nitrogens with zero attached hydrogens (tertiary/aromatic N) is 4. The van der Waals surface area contributed by atoms with Gasteiger partial charge in [0, 0.05) is 32.2 Å². The molecule has 1 aliphatic rings. The molecule has 1 aromatic carbocycles. The number of nitrogens with one attached hydrogen (secondary N) is 1. The number of alkyl halides is 3. The topological polar surface area (TPSA) is 53.4 Å². The van der Waals surface area contributed by atoms with Crippen molar-refractivity contribution in [1.82, 2.24) is 19.6 Å². The van der Waals surface area contributed by atoms with Gasteiger partial charge in [0.15, 0.2) is 0 Å². The number of amides is 1. The fraction of sp³-hybridized carbons (Fsp3) is 0.500. The summed E-state index contributed by atoms with van der Waals surface area (Å²) >= 11 is 0. The molecule has 1 fully saturated rings. The first-order valence-corrected chi connectivity index (χ1v) is 9.56. The Kier molecular flexibility index (Phi) is 6.28. The van der Waals surface area contributed by atoms with Crippen LogP contribution in [0.5, 0.6) is 0 Å². The molecule has 0 saturated carbocycles. The van der Waals surface area contributed by atoms with E-state index in [-0.39, 0.29) is 12.5 Å². The summed E-state index contributed by atoms with van der Waals surface area (Å²) in [6.45, 7) is 6.53. The number of anilines is 1. The lowest BCUT2D eigenvalue weighted by Gasteiger charge is -2.34. The van der Waals surface area contributed by atoms with Crippen LogP contribution in [0.2, 0.25) is 0 Å². The van der Waals surface area contributed by atoms with E-state index in [1.165, 1.54) is 4.90 Å². The average Bonchev–Trinajstić information content (AvgIpc) is 2.97. The maximum Gasteiger partial charge on any atom is 0.401 e. The van der Waals surface area contributed by atoms with Gasteiger partial charge < -0.3 is 5.32 Å². The lowest BCUT2D eigenvalue weighted by atomic mass is 10.1. The van der Waals surface area contributed by atoms with Crippen LogP contribution < -0.4 is 5.32 Å². The van der Waals surface area contributed by atoms with Gasteiger partial charge in [0.1, 0.15) is 5.82 Å². The number of halogens is 3. The number of rotatable bonds is 5. The van der Waals surface area contributed by atoms with Crippen LogP contribution in [0.25, 0.3) is 5.69 Å². The maximum atomic E-state index is 12.5. The second kappa shape index (κ2) is 8.54. The quantitative estimate of drug-likeness (QED) is 0.825. The highest BCUT2D eigenvalue weighted by molar-refractivity contribution is 5.91. The number of benzene rings is 1. The second-order valence-electron chi connectivity index (χ2n) is 7.59. The standard InChI is InChI=1S/C20H26F3N5O/c1-14-4-5-15(2)17(10-14)28-18(11-16(3)25-28)24-19(29)12-26-6-8-27(9-7-26)13-20(21,22)23/h4-5,10-11H,6-9,12-13H2,1-3H3,(H,24,29). The van der Waals surface area contributed by atoms with Crippen LogP contribution in [0.3, 0.4) is 0 Å². The first-order valence-electron chi connectivity index (χ1n) is 9.56. The van der Waals surface area contributed by atoms with Crippen molar-refractivity contribution in [2.24, 2.45) is 0 Å². The summed E-state index contributed by atoms with van der Waals surface area (Å²) in [5, 5.41) is 7.40. The predicted octanol–water partition coefficient (Wildman–Crippen LogP) is 2.92. The predicted molar refractivity (Wildman–Crippen MR) is 105 cm³/mol. The van der Waals surface area contributed by atoms with Gasteiger partial charge in [0.05, 0.1) is 24.5 Å². The molecule has 1 N–H and O–H groups in total. The Balaban J connectivity index is 1.62. The number of carbonyl (C=O) groups is 1. The summed E-state index contributed by atoms with van der Waals surface area (Å²) in [7, 11) is 0. The third-order valence-corrected chi connectivity index (χ3v) is 4.93. The fourth-order valence-corrected chi connectivity index (χ4v) is 3.46. The molecule has 29 heavy (non-hydrogen) atoms. The molecule has 0 aliphatic carbocycles. The number of carbonyl (C=O) groups excluding carboxylic acids is 1. The number of aromatic nitrogens is 2. The van der Waals surface area contributed by atoms with Crippen LogP contribution >= 0.6 is 0 Å². The van der Waals surface area contributed by atoms with Crippen molar-refractivity contribution in [1.29, 1.82) is 0 Å². The van der Waals surface area contributed by atoms with E-state index in [1.807, 2.05) is 43.9 Å². The zero-order chi connectivity index (χ0) is 21.2. The van der Waals surface area contributed by atoms with Crippen molar-refractivity contribution in [2.75, 3.05) is 44.6 Å². The van der Waals surface area contributed by atoms with Gasteiger partial charge in [-0.1, -0.05) is 12.1 Å². The first-order chi connectivity index (χ1) is 13.6. The van der Waals surface area contributed by atoms with E-state index < -0.39 is 12.7 Å². The van der Waals surface area contributed by atoms with E-state index in [0.29, 0.717) is 32.0 Å². The van der Waals surface area contributed by atoms with Gasteiger partial charge in [-0.05, 0) is 38.0 Å². The van der Waals surface area contributed by atoms with Crippen LogP contribution in [-0.4, -0.2) is 70.9 Å². The van der Waals surface area contributed by atoms with E-state index >= 15 is 0 Å². The molecule has 1 saturated heterocycles. The Bertz CT molecular complexity index is 869. The number of aryl methyl sites for hydroxylation is 3. The smallest absolute Gasteiger partial charge is 0.309 e. The Hall–Kier alpha value is -2.39. The zero-order valence-electron chi connectivity index (χ0n) is 16.9. The molecule has 0 spiro atoms. The molecule has 0 unspecified atom stereocenters. The van der Waals surface area contributed by atoms with Crippen LogP contribution in [0.15, 0.2) is 24.3 Å². The molecule has 2 aromatic rings. The number of piperazine rings is 1. The minimum Gasteiger partial charge on any atom is -0.309 e. The summed E-state index contributed by atoms with van der Waals surface area (Å²) < 4.78 is 39.2. The van der Waals surface area contributed by atoms with Crippen LogP contribution in [0.4, 0.5) is 19.0 Å². The Morgan fingerprint density at radius 3 is 2.38 bits per heavy atom. The van der Waals surface area contributed by atoms with Gasteiger partial charge in [0.25, 0.3) is 0 Å². The maximum absolute atomic E-state index is 12.5. The molecule has 1 aliphatic heterocycles. The molecule has 0 radical (unpaired) electrons. The van der Waals surface area contributed by atoms with Crippen LogP contribution in [0.1, 0.15) is 16.8 Å². The van der Waals surface area contributed by atoms with E-state index in [4.69, 9.17) is 0 Å². The number of hydrogen-bond donors (Lipinski definition) is 1. The van der Waals surface area contributed by atoms with Crippen LogP contribution in [-0.2, 0) is 4.79 Å². The molecule has 2 heterocycles. The first kappa shape index (κ1) is 21.3. The van der Waals surface area contributed by atoms with Gasteiger partial charge in [0.2, 0.25) is 5.91 Å². The summed E-state index contributed by atoms with van der Waals surface area (Å²) in [4.78, 5) is 15.8. The van der Waals surface area contributed by atoms with Gasteiger partial charge >= 0.3 is 6.18 Å². The largest absolute Gasteiger partial charge is 0.401 e. The highest BCUT2D eigenvalue weighted by atomic mass is 19.4. The number of hydrogen-bond acceptors (Lipinski definition) is 4. The molecular formula is C20H26F3N5O. The van der Waals surface area contributed by atoms with Gasteiger partial charge in [-0.15, -0.1) is 0 Å². The van der Waals surface area contributed by atoms with Crippen molar-refractivity contribution in [2.45, 2.75) is 26.9 Å². The SMILES string of the molecule is Cc1ccc(C)c(-n2nc(C)cc2NC(=O)CN2CCN(CC(F)(F)F)CC2)c1. The molecule has 9 heteroatoms. The monoisotopic (exact) mass is 409 g/mol. The highest BCUT2D eigenvalue weighted by Crippen LogP contribution is 2.22. The van der Waals surface area contributed by atoms with Crippen molar-refractivity contribution in [3.8, 4) is 5.69 Å². The molecule has 1 amide bonds. The Morgan fingerprint density at radius 1 is 1.07 bits per heavy atom. The summed E-state index contributed by atoms with van der Waals surface area (Å²) in [6.07, 6.45) is -4.19. The van der Waals surface area contributed by atoms with E-state index in [9.17, 15) is 18.0 Å². The second-order valence-corrected chi connectivity index (χ2v) is 7.59.